The van der Waals surface area contributed by atoms with Crippen LogP contribution in [0.4, 0.5) is 0 Å². The summed E-state index contributed by atoms with van der Waals surface area (Å²) in [5, 5.41) is 17.6. The third-order valence-electron chi connectivity index (χ3n) is 5.37. The van der Waals surface area contributed by atoms with Gasteiger partial charge < -0.3 is 21.3 Å². The van der Waals surface area contributed by atoms with E-state index >= 15 is 0 Å². The van der Waals surface area contributed by atoms with Crippen molar-refractivity contribution in [3.8, 4) is 0 Å². The quantitative estimate of drug-likeness (QED) is 0.109. The van der Waals surface area contributed by atoms with E-state index < -0.39 is 0 Å². The van der Waals surface area contributed by atoms with Crippen LogP contribution in [0.15, 0.2) is 67.1 Å². The van der Waals surface area contributed by atoms with Gasteiger partial charge >= 0.3 is 40.8 Å². The number of aliphatic imine (C=N–C) groups is 4. The molecule has 0 spiro atoms. The molecule has 0 aliphatic heterocycles. The van der Waals surface area contributed by atoms with E-state index in [1.54, 1.807) is 0 Å². The summed E-state index contributed by atoms with van der Waals surface area (Å²) in [7, 11) is 0. The Bertz CT molecular complexity index is 997. The molecule has 0 rings (SSSR count). The van der Waals surface area contributed by atoms with Crippen LogP contribution in [-0.4, -0.2) is 71.2 Å². The SMILES string of the molecule is CC(/C=C(/C)[N-]C(C)C)=NC(C)C.CC(/C=C(/C)[N-]C(C)C)=NC(C)C.CC(/C=C(/C)[N-]C(C)C)=NC(C)C.CC(/C=C(/C)[N-]C(C)C)=NC(C)C.[Pd+2].[Pd+2]. The average molecular weight is 938 g/mol. The molecule has 0 aliphatic carbocycles. The Morgan fingerprint density at radius 3 is 0.519 bits per heavy atom. The van der Waals surface area contributed by atoms with Crippen molar-refractivity contribution < 1.29 is 40.8 Å². The summed E-state index contributed by atoms with van der Waals surface area (Å²) in [5.41, 5.74) is 8.42. The molecule has 0 radical (unpaired) electrons. The van der Waals surface area contributed by atoms with Gasteiger partial charge in [0.1, 0.15) is 0 Å². The summed E-state index contributed by atoms with van der Waals surface area (Å²) in [6.07, 6.45) is 8.11. The van der Waals surface area contributed by atoms with Crippen molar-refractivity contribution in [2.75, 3.05) is 0 Å². The second kappa shape index (κ2) is 38.1. The molecule has 8 nitrogen and oxygen atoms in total. The molecule has 0 N–H and O–H groups in total. The second-order valence-corrected chi connectivity index (χ2v) is 15.5. The molecule has 0 bridgehead atoms. The normalized spacial score (nSPS) is 13.6. The van der Waals surface area contributed by atoms with Gasteiger partial charge in [0.2, 0.25) is 0 Å². The Balaban J connectivity index is -0.000000140. The third kappa shape index (κ3) is 56.9. The minimum atomic E-state index is 0. The Hall–Kier alpha value is -1.84. The summed E-state index contributed by atoms with van der Waals surface area (Å²) in [5.74, 6) is 0. The van der Waals surface area contributed by atoms with Gasteiger partial charge in [0, 0.05) is 47.0 Å². The molecular weight excluding hydrogens is 853 g/mol. The first kappa shape index (κ1) is 64.1. The van der Waals surface area contributed by atoms with E-state index in [0.717, 1.165) is 45.6 Å². The average Bonchev–Trinajstić information content (AvgIpc) is 2.85. The van der Waals surface area contributed by atoms with Crippen LogP contribution in [0.5, 0.6) is 0 Å². The molecule has 0 amide bonds. The largest absolute Gasteiger partial charge is 2.00 e. The Morgan fingerprint density at radius 1 is 0.296 bits per heavy atom. The summed E-state index contributed by atoms with van der Waals surface area (Å²) in [6.45, 7) is 49.3. The van der Waals surface area contributed by atoms with Gasteiger partial charge in [0.05, 0.1) is 0 Å². The fourth-order valence-electron chi connectivity index (χ4n) is 4.77. The fourth-order valence-corrected chi connectivity index (χ4v) is 4.77. The van der Waals surface area contributed by atoms with Gasteiger partial charge in [-0.15, -0.1) is 24.2 Å². The van der Waals surface area contributed by atoms with Gasteiger partial charge in [0.25, 0.3) is 0 Å². The number of rotatable bonds is 16. The van der Waals surface area contributed by atoms with E-state index in [1.165, 1.54) is 0 Å². The predicted molar refractivity (Wildman–Crippen MR) is 242 cm³/mol. The van der Waals surface area contributed by atoms with E-state index in [9.17, 15) is 0 Å². The second-order valence-electron chi connectivity index (χ2n) is 15.5. The van der Waals surface area contributed by atoms with Crippen molar-refractivity contribution in [1.29, 1.82) is 0 Å². The van der Waals surface area contributed by atoms with Gasteiger partial charge in [-0.25, -0.2) is 0 Å². The Morgan fingerprint density at radius 2 is 0.426 bits per heavy atom. The van der Waals surface area contributed by atoms with Gasteiger partial charge in [-0.05, 0) is 83.1 Å². The molecule has 10 heteroatoms. The van der Waals surface area contributed by atoms with Crippen molar-refractivity contribution in [3.05, 3.63) is 68.4 Å². The molecule has 0 aromatic carbocycles. The van der Waals surface area contributed by atoms with E-state index in [1.807, 2.05) is 79.7 Å². The first-order chi connectivity index (χ1) is 23.7. The topological polar surface area (TPSA) is 106 Å². The van der Waals surface area contributed by atoms with Crippen LogP contribution in [0.3, 0.4) is 0 Å². The molecule has 0 saturated carbocycles. The third-order valence-corrected chi connectivity index (χ3v) is 5.37. The van der Waals surface area contributed by atoms with Crippen molar-refractivity contribution in [3.63, 3.8) is 0 Å². The molecule has 0 aromatic heterocycles. The minimum Gasteiger partial charge on any atom is -0.686 e. The summed E-state index contributed by atoms with van der Waals surface area (Å²) >= 11 is 0. The van der Waals surface area contributed by atoms with Gasteiger partial charge in [-0.1, -0.05) is 107 Å². The molecule has 0 aromatic rings. The minimum absolute atomic E-state index is 0. The summed E-state index contributed by atoms with van der Waals surface area (Å²) < 4.78 is 0. The van der Waals surface area contributed by atoms with Crippen LogP contribution >= 0.6 is 0 Å². The van der Waals surface area contributed by atoms with Crippen LogP contribution in [-0.2, 0) is 40.8 Å². The van der Waals surface area contributed by atoms with Crippen molar-refractivity contribution in [2.45, 2.75) is 215 Å². The Kier molecular flexibility index (Phi) is 45.2. The zero-order valence-corrected chi connectivity index (χ0v) is 42.2. The molecule has 0 fully saturated rings. The zero-order valence-electron chi connectivity index (χ0n) is 39.1. The molecule has 0 atom stereocenters. The smallest absolute Gasteiger partial charge is 0.686 e. The standard InChI is InChI=1S/4C11H21N2.2Pd/c4*1-8(2)12-10(5)7-11(6)13-9(3)4;;/h4*7-9H,1-6H3;;/q4*-1;2*+2/b4*10-7-,13-11?;;. The number of hydrogen-bond donors (Lipinski definition) is 0. The van der Waals surface area contributed by atoms with Crippen LogP contribution in [0.2, 0.25) is 0 Å². The number of hydrogen-bond acceptors (Lipinski definition) is 4. The van der Waals surface area contributed by atoms with E-state index in [-0.39, 0.29) is 40.8 Å². The first-order valence-corrected chi connectivity index (χ1v) is 19.4. The summed E-state index contributed by atoms with van der Waals surface area (Å²) in [6, 6.07) is 2.91. The Labute approximate surface area is 364 Å². The maximum atomic E-state index is 4.40. The zero-order chi connectivity index (χ0) is 41.7. The monoisotopic (exact) mass is 936 g/mol. The van der Waals surface area contributed by atoms with Crippen molar-refractivity contribution in [1.82, 2.24) is 0 Å². The van der Waals surface area contributed by atoms with Crippen LogP contribution < -0.4 is 0 Å². The molecule has 0 unspecified atom stereocenters. The van der Waals surface area contributed by atoms with E-state index in [2.05, 4.69) is 152 Å². The van der Waals surface area contributed by atoms with Gasteiger partial charge in [-0.3, -0.25) is 20.0 Å². The number of nitrogens with zero attached hydrogens (tertiary/aromatic N) is 8. The fraction of sp³-hybridized carbons (Fsp3) is 0.727. The first-order valence-electron chi connectivity index (χ1n) is 19.4. The van der Waals surface area contributed by atoms with Gasteiger partial charge in [-0.2, -0.15) is 22.8 Å². The van der Waals surface area contributed by atoms with E-state index in [0.29, 0.717) is 48.3 Å². The predicted octanol–water partition coefficient (Wildman–Crippen LogP) is 14.2. The van der Waals surface area contributed by atoms with E-state index in [4.69, 9.17) is 0 Å². The molecular formula is C44H84N8Pd2. The maximum absolute atomic E-state index is 4.40. The molecule has 320 valence electrons. The van der Waals surface area contributed by atoms with Crippen molar-refractivity contribution in [2.24, 2.45) is 20.0 Å². The van der Waals surface area contributed by atoms with Gasteiger partial charge in [0.15, 0.2) is 0 Å². The molecule has 54 heavy (non-hydrogen) atoms. The maximum Gasteiger partial charge on any atom is 2.00 e. The van der Waals surface area contributed by atoms with Crippen LogP contribution in [0.25, 0.3) is 21.3 Å². The molecule has 0 heterocycles. The summed E-state index contributed by atoms with van der Waals surface area (Å²) in [4.78, 5) is 17.6. The van der Waals surface area contributed by atoms with Crippen LogP contribution in [0.1, 0.15) is 166 Å². The molecule has 0 aliphatic rings. The number of allylic oxidation sites excluding steroid dienone is 8. The van der Waals surface area contributed by atoms with Crippen molar-refractivity contribution >= 4 is 22.8 Å². The van der Waals surface area contributed by atoms with Crippen LogP contribution in [0, 0.1) is 0 Å². The molecule has 0 saturated heterocycles.